The van der Waals surface area contributed by atoms with Crippen LogP contribution in [0.2, 0.25) is 0 Å². The van der Waals surface area contributed by atoms with Gasteiger partial charge in [-0.3, -0.25) is 14.2 Å². The highest BCUT2D eigenvalue weighted by Crippen LogP contribution is 2.36. The van der Waals surface area contributed by atoms with Gasteiger partial charge in [0, 0.05) is 24.7 Å². The van der Waals surface area contributed by atoms with Crippen LogP contribution in [0, 0.1) is 13.8 Å². The first kappa shape index (κ1) is 29.9. The molecule has 0 unspecified atom stereocenters. The number of hydrogen-bond donors (Lipinski definition) is 5. The Hall–Kier alpha value is -2.09. The van der Waals surface area contributed by atoms with Crippen molar-refractivity contribution < 1.29 is 33.8 Å². The molecular weight excluding hydrogens is 459 g/mol. The molecule has 0 radical (unpaired) electrons. The van der Waals surface area contributed by atoms with E-state index in [9.17, 15) is 14.2 Å². The molecule has 1 aromatic rings. The normalized spacial score (nSPS) is 11.4. The first-order valence-electron chi connectivity index (χ1n) is 12.1. The average molecular weight is 501 g/mol. The highest BCUT2D eigenvalue weighted by Gasteiger charge is 2.15. The molecule has 1 amide bonds. The lowest BCUT2D eigenvalue weighted by atomic mass is 10.0. The number of carboxylic acid groups (broad SMARTS) is 1. The van der Waals surface area contributed by atoms with Gasteiger partial charge in [0.05, 0.1) is 12.3 Å². The Balaban J connectivity index is 2.33. The smallest absolute Gasteiger partial charge is 0.325 e. The summed E-state index contributed by atoms with van der Waals surface area (Å²) in [5.41, 5.74) is 8.84. The molecular formula is C24H41N2O7P. The Morgan fingerprint density at radius 1 is 0.941 bits per heavy atom. The molecule has 0 saturated heterocycles. The monoisotopic (exact) mass is 500 g/mol. The van der Waals surface area contributed by atoms with Gasteiger partial charge in [-0.15, -0.1) is 0 Å². The summed E-state index contributed by atoms with van der Waals surface area (Å²) in [5.74, 6) is -0.476. The SMILES string of the molecule is Cc1cc(OCCCC(=O)O)c(NC(=O)CCCCCCCCCCCP(=O)(O)O)c(C)c1N. The number of unbranched alkanes of at least 4 members (excludes halogenated alkanes) is 8. The predicted octanol–water partition coefficient (Wildman–Crippen LogP) is 5.15. The quantitative estimate of drug-likeness (QED) is 0.105. The minimum absolute atomic E-state index is 0.0191. The zero-order chi connectivity index (χ0) is 25.6. The number of ether oxygens (including phenoxy) is 1. The van der Waals surface area contributed by atoms with Crippen molar-refractivity contribution in [1.82, 2.24) is 0 Å². The van der Waals surface area contributed by atoms with E-state index in [1.165, 1.54) is 0 Å². The third kappa shape index (κ3) is 13.0. The van der Waals surface area contributed by atoms with E-state index in [2.05, 4.69) is 5.32 Å². The Bertz CT molecular complexity index is 839. The second-order valence-electron chi connectivity index (χ2n) is 8.82. The first-order valence-corrected chi connectivity index (χ1v) is 13.9. The van der Waals surface area contributed by atoms with Gasteiger partial charge in [0.15, 0.2) is 0 Å². The molecule has 0 aromatic heterocycles. The second kappa shape index (κ2) is 15.7. The molecule has 0 aliphatic heterocycles. The van der Waals surface area contributed by atoms with Crippen molar-refractivity contribution in [2.75, 3.05) is 23.8 Å². The van der Waals surface area contributed by atoms with Crippen molar-refractivity contribution in [3.05, 3.63) is 17.2 Å². The van der Waals surface area contributed by atoms with Crippen LogP contribution in [-0.2, 0) is 14.2 Å². The largest absolute Gasteiger partial charge is 0.491 e. The highest BCUT2D eigenvalue weighted by atomic mass is 31.2. The molecule has 0 atom stereocenters. The number of nitrogens with two attached hydrogens (primary N) is 1. The van der Waals surface area contributed by atoms with Crippen molar-refractivity contribution in [2.45, 2.75) is 90.9 Å². The maximum Gasteiger partial charge on any atom is 0.325 e. The second-order valence-corrected chi connectivity index (χ2v) is 10.6. The van der Waals surface area contributed by atoms with E-state index < -0.39 is 13.6 Å². The van der Waals surface area contributed by atoms with E-state index in [0.717, 1.165) is 62.5 Å². The predicted molar refractivity (Wildman–Crippen MR) is 134 cm³/mol. The minimum atomic E-state index is -3.86. The third-order valence-electron chi connectivity index (χ3n) is 5.71. The van der Waals surface area contributed by atoms with Crippen molar-refractivity contribution in [3.63, 3.8) is 0 Å². The summed E-state index contributed by atoms with van der Waals surface area (Å²) in [4.78, 5) is 40.8. The summed E-state index contributed by atoms with van der Waals surface area (Å²) in [5, 5.41) is 11.7. The number of nitrogens with one attached hydrogen (secondary N) is 1. The van der Waals surface area contributed by atoms with Crippen molar-refractivity contribution >= 4 is 30.8 Å². The van der Waals surface area contributed by atoms with Crippen LogP contribution in [0.15, 0.2) is 6.07 Å². The molecule has 0 aliphatic carbocycles. The number of carboxylic acids is 1. The molecule has 0 saturated carbocycles. The lowest BCUT2D eigenvalue weighted by Gasteiger charge is -2.18. The molecule has 6 N–H and O–H groups in total. The summed E-state index contributed by atoms with van der Waals surface area (Å²) < 4.78 is 16.5. The Morgan fingerprint density at radius 3 is 2.06 bits per heavy atom. The maximum absolute atomic E-state index is 12.5. The fourth-order valence-electron chi connectivity index (χ4n) is 3.68. The lowest BCUT2D eigenvalue weighted by molar-refractivity contribution is -0.137. The van der Waals surface area contributed by atoms with Crippen LogP contribution < -0.4 is 15.8 Å². The van der Waals surface area contributed by atoms with E-state index >= 15 is 0 Å². The Morgan fingerprint density at radius 2 is 1.50 bits per heavy atom. The minimum Gasteiger partial charge on any atom is -0.491 e. The summed E-state index contributed by atoms with van der Waals surface area (Å²) >= 11 is 0. The molecule has 194 valence electrons. The van der Waals surface area contributed by atoms with Gasteiger partial charge in [0.25, 0.3) is 0 Å². The summed E-state index contributed by atoms with van der Waals surface area (Å²) in [6.45, 7) is 3.93. The number of hydrogen-bond acceptors (Lipinski definition) is 5. The van der Waals surface area contributed by atoms with Crippen LogP contribution >= 0.6 is 7.60 Å². The molecule has 9 nitrogen and oxygen atoms in total. The van der Waals surface area contributed by atoms with Gasteiger partial charge in [0.1, 0.15) is 5.75 Å². The van der Waals surface area contributed by atoms with Gasteiger partial charge in [-0.25, -0.2) is 0 Å². The van der Waals surface area contributed by atoms with E-state index in [4.69, 9.17) is 25.4 Å². The number of aryl methyl sites for hydroxylation is 1. The maximum atomic E-state index is 12.5. The number of anilines is 2. The fraction of sp³-hybridized carbons (Fsp3) is 0.667. The van der Waals surface area contributed by atoms with Crippen LogP contribution in [0.25, 0.3) is 0 Å². The number of aliphatic carboxylic acids is 1. The van der Waals surface area contributed by atoms with Gasteiger partial charge in [-0.05, 0) is 50.3 Å². The molecule has 1 aromatic carbocycles. The first-order chi connectivity index (χ1) is 16.0. The van der Waals surface area contributed by atoms with Crippen LogP contribution in [0.1, 0.15) is 88.2 Å². The van der Waals surface area contributed by atoms with Crippen molar-refractivity contribution in [3.8, 4) is 5.75 Å². The zero-order valence-electron chi connectivity index (χ0n) is 20.5. The molecule has 1 rings (SSSR count). The van der Waals surface area contributed by atoms with Gasteiger partial charge < -0.3 is 30.7 Å². The number of benzene rings is 1. The molecule has 0 aliphatic rings. The number of carbonyl (C=O) groups is 2. The molecule has 0 fully saturated rings. The lowest BCUT2D eigenvalue weighted by Crippen LogP contribution is -2.15. The highest BCUT2D eigenvalue weighted by molar-refractivity contribution is 7.51. The Labute approximate surface area is 202 Å². The molecule has 34 heavy (non-hydrogen) atoms. The summed E-state index contributed by atoms with van der Waals surface area (Å²) in [7, 11) is -3.86. The van der Waals surface area contributed by atoms with Crippen LogP contribution in [0.5, 0.6) is 5.75 Å². The van der Waals surface area contributed by atoms with Crippen LogP contribution in [-0.4, -0.2) is 39.5 Å². The molecule has 0 spiro atoms. The molecule has 10 heteroatoms. The Kier molecular flexibility index (Phi) is 13.9. The van der Waals surface area contributed by atoms with E-state index in [0.29, 0.717) is 36.4 Å². The van der Waals surface area contributed by atoms with Gasteiger partial charge in [-0.2, -0.15) is 0 Å². The van der Waals surface area contributed by atoms with E-state index in [1.807, 2.05) is 13.8 Å². The molecule has 0 heterocycles. The topological polar surface area (TPSA) is 159 Å². The third-order valence-corrected chi connectivity index (χ3v) is 6.61. The van der Waals surface area contributed by atoms with Crippen LogP contribution in [0.3, 0.4) is 0 Å². The summed E-state index contributed by atoms with van der Waals surface area (Å²) in [6.07, 6.45) is 9.19. The van der Waals surface area contributed by atoms with E-state index in [1.54, 1.807) is 6.07 Å². The zero-order valence-corrected chi connectivity index (χ0v) is 21.4. The number of amides is 1. The number of carbonyl (C=O) groups excluding carboxylic acids is 1. The number of nitrogen functional groups attached to an aromatic ring is 1. The van der Waals surface area contributed by atoms with Crippen molar-refractivity contribution in [2.24, 2.45) is 0 Å². The van der Waals surface area contributed by atoms with Gasteiger partial charge >= 0.3 is 13.6 Å². The standard InChI is InChI=1S/C24H41N2O7P/c1-18-17-20(33-15-12-14-22(28)29)24(19(2)23(18)25)26-21(27)13-10-8-6-4-3-5-7-9-11-16-34(30,31)32/h17H,3-16,25H2,1-2H3,(H,26,27)(H,28,29)(H2,30,31,32). The summed E-state index contributed by atoms with van der Waals surface area (Å²) in [6, 6.07) is 1.77. The fourth-order valence-corrected chi connectivity index (χ4v) is 4.31. The van der Waals surface area contributed by atoms with Crippen molar-refractivity contribution in [1.29, 1.82) is 0 Å². The average Bonchev–Trinajstić information content (AvgIpc) is 2.75. The van der Waals surface area contributed by atoms with Gasteiger partial charge in [0.2, 0.25) is 5.91 Å². The molecule has 0 bridgehead atoms. The van der Waals surface area contributed by atoms with E-state index in [-0.39, 0.29) is 25.1 Å². The van der Waals surface area contributed by atoms with Crippen LogP contribution in [0.4, 0.5) is 11.4 Å². The number of rotatable bonds is 18. The van der Waals surface area contributed by atoms with Gasteiger partial charge in [-0.1, -0.05) is 44.9 Å².